The maximum atomic E-state index is 12.5. The first kappa shape index (κ1) is 18.2. The van der Waals surface area contributed by atoms with Crippen LogP contribution in [0.4, 0.5) is 10.8 Å². The molecule has 0 spiro atoms. The highest BCUT2D eigenvalue weighted by Gasteiger charge is 2.15. The number of Topliss-reactive ketones (excluding diaryl/α,β-unsaturated/α-hetero) is 1. The first-order valence-corrected chi connectivity index (χ1v) is 9.53. The smallest absolute Gasteiger partial charge is 0.210 e. The second-order valence-corrected chi connectivity index (χ2v) is 7.34. The number of aromatic nitrogens is 2. The first-order valence-electron chi connectivity index (χ1n) is 7.73. The van der Waals surface area contributed by atoms with Crippen LogP contribution in [0.25, 0.3) is 0 Å². The Morgan fingerprint density at radius 3 is 2.65 bits per heavy atom. The van der Waals surface area contributed by atoms with Crippen molar-refractivity contribution >= 4 is 39.7 Å². The molecule has 0 bridgehead atoms. The molecule has 8 heteroatoms. The summed E-state index contributed by atoms with van der Waals surface area (Å²) in [4.78, 5) is 12.5. The van der Waals surface area contributed by atoms with Crippen molar-refractivity contribution in [3.63, 3.8) is 0 Å². The van der Waals surface area contributed by atoms with Crippen molar-refractivity contribution in [3.8, 4) is 11.5 Å². The number of ketones is 1. The van der Waals surface area contributed by atoms with Crippen LogP contribution in [0.15, 0.2) is 52.9 Å². The van der Waals surface area contributed by atoms with E-state index in [4.69, 9.17) is 9.47 Å². The molecule has 0 radical (unpaired) electrons. The lowest BCUT2D eigenvalue weighted by molar-refractivity contribution is 0.101. The van der Waals surface area contributed by atoms with E-state index in [1.807, 2.05) is 30.3 Å². The summed E-state index contributed by atoms with van der Waals surface area (Å²) in [6.45, 7) is 0. The summed E-state index contributed by atoms with van der Waals surface area (Å²) in [6.07, 6.45) is 0. The van der Waals surface area contributed by atoms with Gasteiger partial charge in [0, 0.05) is 11.8 Å². The van der Waals surface area contributed by atoms with Crippen LogP contribution in [0, 0.1) is 0 Å². The zero-order valence-corrected chi connectivity index (χ0v) is 15.9. The molecule has 0 unspecified atom stereocenters. The Morgan fingerprint density at radius 2 is 1.92 bits per heavy atom. The standard InChI is InChI=1S/C18H17N3O3S2/c1-23-13-8-9-14(16(10-13)24-2)15(22)11-25-18-21-20-17(26-18)19-12-6-4-3-5-7-12/h3-10H,11H2,1-2H3,(H,19,20). The number of hydrogen-bond acceptors (Lipinski definition) is 8. The van der Waals surface area contributed by atoms with Gasteiger partial charge in [-0.25, -0.2) is 0 Å². The van der Waals surface area contributed by atoms with Gasteiger partial charge in [0.25, 0.3) is 0 Å². The average Bonchev–Trinajstić information content (AvgIpc) is 3.13. The fourth-order valence-electron chi connectivity index (χ4n) is 2.20. The van der Waals surface area contributed by atoms with Crippen molar-refractivity contribution in [3.05, 3.63) is 54.1 Å². The highest BCUT2D eigenvalue weighted by molar-refractivity contribution is 8.01. The number of hydrogen-bond donors (Lipinski definition) is 1. The molecule has 6 nitrogen and oxygen atoms in total. The Bertz CT molecular complexity index is 884. The van der Waals surface area contributed by atoms with E-state index in [1.165, 1.54) is 30.2 Å². The van der Waals surface area contributed by atoms with Gasteiger partial charge in [-0.1, -0.05) is 41.3 Å². The van der Waals surface area contributed by atoms with E-state index in [-0.39, 0.29) is 11.5 Å². The van der Waals surface area contributed by atoms with E-state index < -0.39 is 0 Å². The first-order chi connectivity index (χ1) is 12.7. The Balaban J connectivity index is 1.61. The normalized spacial score (nSPS) is 10.4. The van der Waals surface area contributed by atoms with E-state index in [9.17, 15) is 4.79 Å². The zero-order chi connectivity index (χ0) is 18.4. The van der Waals surface area contributed by atoms with Crippen LogP contribution in [0.2, 0.25) is 0 Å². The van der Waals surface area contributed by atoms with Gasteiger partial charge in [-0.05, 0) is 24.3 Å². The van der Waals surface area contributed by atoms with Crippen molar-refractivity contribution in [1.29, 1.82) is 0 Å². The topological polar surface area (TPSA) is 73.3 Å². The highest BCUT2D eigenvalue weighted by atomic mass is 32.2. The number of ether oxygens (including phenoxy) is 2. The van der Waals surface area contributed by atoms with Crippen molar-refractivity contribution < 1.29 is 14.3 Å². The third-order valence-corrected chi connectivity index (χ3v) is 5.44. The summed E-state index contributed by atoms with van der Waals surface area (Å²) in [7, 11) is 3.10. The molecule has 0 atom stereocenters. The lowest BCUT2D eigenvalue weighted by Crippen LogP contribution is -2.05. The molecule has 0 aliphatic rings. The van der Waals surface area contributed by atoms with Crippen LogP contribution in [0.3, 0.4) is 0 Å². The largest absolute Gasteiger partial charge is 0.497 e. The number of anilines is 2. The Labute approximate surface area is 159 Å². The molecule has 26 heavy (non-hydrogen) atoms. The van der Waals surface area contributed by atoms with Gasteiger partial charge in [-0.2, -0.15) is 0 Å². The molecule has 3 rings (SSSR count). The molecule has 0 saturated heterocycles. The van der Waals surface area contributed by atoms with Crippen LogP contribution in [-0.2, 0) is 0 Å². The fraction of sp³-hybridized carbons (Fsp3) is 0.167. The van der Waals surface area contributed by atoms with Gasteiger partial charge in [0.15, 0.2) is 10.1 Å². The molecule has 1 N–H and O–H groups in total. The van der Waals surface area contributed by atoms with E-state index in [2.05, 4.69) is 15.5 Å². The maximum Gasteiger partial charge on any atom is 0.210 e. The van der Waals surface area contributed by atoms with Gasteiger partial charge >= 0.3 is 0 Å². The summed E-state index contributed by atoms with van der Waals surface area (Å²) >= 11 is 2.76. The van der Waals surface area contributed by atoms with E-state index in [1.54, 1.807) is 25.3 Å². The predicted octanol–water partition coefficient (Wildman–Crippen LogP) is 4.27. The fourth-order valence-corrected chi connectivity index (χ4v) is 3.85. The molecular weight excluding hydrogens is 370 g/mol. The molecule has 2 aromatic carbocycles. The summed E-state index contributed by atoms with van der Waals surface area (Å²) in [5.74, 6) is 1.36. The minimum absolute atomic E-state index is 0.0396. The monoisotopic (exact) mass is 387 g/mol. The number of nitrogens with zero attached hydrogens (tertiary/aromatic N) is 2. The Kier molecular flexibility index (Phi) is 6.08. The lowest BCUT2D eigenvalue weighted by atomic mass is 10.1. The zero-order valence-electron chi connectivity index (χ0n) is 14.3. The highest BCUT2D eigenvalue weighted by Crippen LogP contribution is 2.30. The molecule has 0 aliphatic heterocycles. The summed E-state index contributed by atoms with van der Waals surface area (Å²) < 4.78 is 11.2. The van der Waals surface area contributed by atoms with Gasteiger partial charge in [0.2, 0.25) is 5.13 Å². The van der Waals surface area contributed by atoms with Crippen molar-refractivity contribution in [2.45, 2.75) is 4.34 Å². The quantitative estimate of drug-likeness (QED) is 0.457. The molecule has 1 heterocycles. The third-order valence-electron chi connectivity index (χ3n) is 3.47. The summed E-state index contributed by atoms with van der Waals surface area (Å²) in [6, 6.07) is 14.9. The Hall–Kier alpha value is -2.58. The lowest BCUT2D eigenvalue weighted by Gasteiger charge is -2.09. The van der Waals surface area contributed by atoms with E-state index >= 15 is 0 Å². The maximum absolute atomic E-state index is 12.5. The molecule has 0 aliphatic carbocycles. The molecule has 134 valence electrons. The van der Waals surface area contributed by atoms with E-state index in [0.717, 1.165) is 10.0 Å². The van der Waals surface area contributed by atoms with Crippen LogP contribution in [0.1, 0.15) is 10.4 Å². The van der Waals surface area contributed by atoms with Gasteiger partial charge in [-0.3, -0.25) is 4.79 Å². The number of benzene rings is 2. The SMILES string of the molecule is COc1ccc(C(=O)CSc2nnc(Nc3ccccc3)s2)c(OC)c1. The van der Waals surface area contributed by atoms with Crippen LogP contribution < -0.4 is 14.8 Å². The number of methoxy groups -OCH3 is 2. The molecule has 1 aromatic heterocycles. The van der Waals surface area contributed by atoms with Gasteiger partial charge < -0.3 is 14.8 Å². The molecule has 0 amide bonds. The third kappa shape index (κ3) is 4.53. The van der Waals surface area contributed by atoms with Gasteiger partial charge in [0.1, 0.15) is 11.5 Å². The minimum Gasteiger partial charge on any atom is -0.497 e. The second kappa shape index (κ2) is 8.68. The number of nitrogens with one attached hydrogen (secondary N) is 1. The van der Waals surface area contributed by atoms with Crippen molar-refractivity contribution in [2.75, 3.05) is 25.3 Å². The number of para-hydroxylation sites is 1. The summed E-state index contributed by atoms with van der Waals surface area (Å²) in [5, 5.41) is 12.1. The van der Waals surface area contributed by atoms with Gasteiger partial charge in [-0.15, -0.1) is 10.2 Å². The number of rotatable bonds is 8. The second-order valence-electron chi connectivity index (χ2n) is 5.14. The summed E-state index contributed by atoms with van der Waals surface area (Å²) in [5.41, 5.74) is 1.46. The van der Waals surface area contributed by atoms with Crippen LogP contribution in [0.5, 0.6) is 11.5 Å². The molecule has 3 aromatic rings. The molecule has 0 saturated carbocycles. The number of carbonyl (C=O) groups is 1. The van der Waals surface area contributed by atoms with Crippen LogP contribution >= 0.6 is 23.1 Å². The van der Waals surface area contributed by atoms with Crippen molar-refractivity contribution in [2.24, 2.45) is 0 Å². The Morgan fingerprint density at radius 1 is 1.12 bits per heavy atom. The van der Waals surface area contributed by atoms with Gasteiger partial charge in [0.05, 0.1) is 25.5 Å². The number of carbonyl (C=O) groups excluding carboxylic acids is 1. The number of thioether (sulfide) groups is 1. The van der Waals surface area contributed by atoms with Crippen LogP contribution in [-0.4, -0.2) is 36.0 Å². The predicted molar refractivity (Wildman–Crippen MR) is 104 cm³/mol. The average molecular weight is 387 g/mol. The molecular formula is C18H17N3O3S2. The van der Waals surface area contributed by atoms with E-state index in [0.29, 0.717) is 22.2 Å². The minimum atomic E-state index is -0.0396. The van der Waals surface area contributed by atoms with Crippen molar-refractivity contribution in [1.82, 2.24) is 10.2 Å². The molecule has 0 fully saturated rings.